The summed E-state index contributed by atoms with van der Waals surface area (Å²) in [5, 5.41) is 2.83. The van der Waals surface area contributed by atoms with Gasteiger partial charge in [-0.3, -0.25) is 4.79 Å². The number of anilines is 1. The SMILES string of the molecule is CCOc1cc2c(cc1/C=C/C(=O)Nc1ccccc1)O[C@H](C)C2. The van der Waals surface area contributed by atoms with Gasteiger partial charge < -0.3 is 14.8 Å². The number of carbonyl (C=O) groups excluding carboxylic acids is 1. The first-order chi connectivity index (χ1) is 11.7. The largest absolute Gasteiger partial charge is 0.493 e. The van der Waals surface area contributed by atoms with Crippen LogP contribution < -0.4 is 14.8 Å². The lowest BCUT2D eigenvalue weighted by atomic mass is 10.1. The molecule has 1 atom stereocenters. The van der Waals surface area contributed by atoms with E-state index in [-0.39, 0.29) is 12.0 Å². The molecule has 3 rings (SSSR count). The first-order valence-electron chi connectivity index (χ1n) is 8.16. The van der Waals surface area contributed by atoms with Crippen molar-refractivity contribution >= 4 is 17.7 Å². The topological polar surface area (TPSA) is 47.6 Å². The van der Waals surface area contributed by atoms with E-state index in [1.807, 2.05) is 56.3 Å². The maximum Gasteiger partial charge on any atom is 0.248 e. The zero-order valence-electron chi connectivity index (χ0n) is 13.9. The fourth-order valence-electron chi connectivity index (χ4n) is 2.74. The Morgan fingerprint density at radius 2 is 2.12 bits per heavy atom. The molecule has 0 aliphatic carbocycles. The fraction of sp³-hybridized carbons (Fsp3) is 0.250. The van der Waals surface area contributed by atoms with Gasteiger partial charge in [0, 0.05) is 29.3 Å². The second-order valence-electron chi connectivity index (χ2n) is 5.75. The monoisotopic (exact) mass is 323 g/mol. The van der Waals surface area contributed by atoms with Crippen molar-refractivity contribution in [2.45, 2.75) is 26.4 Å². The van der Waals surface area contributed by atoms with E-state index in [4.69, 9.17) is 9.47 Å². The number of carbonyl (C=O) groups is 1. The van der Waals surface area contributed by atoms with E-state index in [1.54, 1.807) is 6.08 Å². The van der Waals surface area contributed by atoms with Crippen LogP contribution >= 0.6 is 0 Å². The van der Waals surface area contributed by atoms with Gasteiger partial charge in [0.2, 0.25) is 5.91 Å². The minimum absolute atomic E-state index is 0.176. The number of hydrogen-bond acceptors (Lipinski definition) is 3. The van der Waals surface area contributed by atoms with Crippen LogP contribution in [0.3, 0.4) is 0 Å². The van der Waals surface area contributed by atoms with E-state index in [2.05, 4.69) is 5.32 Å². The van der Waals surface area contributed by atoms with Crippen molar-refractivity contribution < 1.29 is 14.3 Å². The number of ether oxygens (including phenoxy) is 2. The lowest BCUT2D eigenvalue weighted by molar-refractivity contribution is -0.111. The third-order valence-corrected chi connectivity index (χ3v) is 3.78. The van der Waals surface area contributed by atoms with Gasteiger partial charge in [0.1, 0.15) is 17.6 Å². The Hall–Kier alpha value is -2.75. The standard InChI is InChI=1S/C20H21NO3/c1-3-23-18-13-16-11-14(2)24-19(16)12-15(18)9-10-20(22)21-17-7-5-4-6-8-17/h4-10,12-14H,3,11H2,1-2H3,(H,21,22)/b10-9+/t14-/m1/s1. The van der Waals surface area contributed by atoms with E-state index >= 15 is 0 Å². The third-order valence-electron chi connectivity index (χ3n) is 3.78. The van der Waals surface area contributed by atoms with Gasteiger partial charge in [0.15, 0.2) is 0 Å². The molecule has 0 unspecified atom stereocenters. The van der Waals surface area contributed by atoms with Crippen LogP contribution in [-0.2, 0) is 11.2 Å². The summed E-state index contributed by atoms with van der Waals surface area (Å²) in [4.78, 5) is 12.1. The van der Waals surface area contributed by atoms with Crippen molar-refractivity contribution in [3.05, 3.63) is 59.7 Å². The molecule has 0 spiro atoms. The molecule has 0 fully saturated rings. The van der Waals surface area contributed by atoms with Crippen molar-refractivity contribution in [2.24, 2.45) is 0 Å². The quantitative estimate of drug-likeness (QED) is 0.844. The van der Waals surface area contributed by atoms with Gasteiger partial charge in [-0.05, 0) is 44.2 Å². The van der Waals surface area contributed by atoms with Crippen LogP contribution in [0.15, 0.2) is 48.5 Å². The summed E-state index contributed by atoms with van der Waals surface area (Å²) in [5.41, 5.74) is 2.76. The number of fused-ring (bicyclic) bond motifs is 1. The van der Waals surface area contributed by atoms with E-state index < -0.39 is 0 Å². The fourth-order valence-corrected chi connectivity index (χ4v) is 2.74. The molecule has 0 aromatic heterocycles. The number of rotatable bonds is 5. The molecule has 24 heavy (non-hydrogen) atoms. The van der Waals surface area contributed by atoms with Crippen molar-refractivity contribution in [1.82, 2.24) is 0 Å². The first-order valence-corrected chi connectivity index (χ1v) is 8.16. The summed E-state index contributed by atoms with van der Waals surface area (Å²) >= 11 is 0. The molecule has 0 saturated carbocycles. The van der Waals surface area contributed by atoms with Crippen LogP contribution in [0, 0.1) is 0 Å². The zero-order chi connectivity index (χ0) is 16.9. The van der Waals surface area contributed by atoms with Crippen LogP contribution in [-0.4, -0.2) is 18.6 Å². The average Bonchev–Trinajstić information content (AvgIpc) is 2.93. The molecule has 4 heteroatoms. The van der Waals surface area contributed by atoms with E-state index in [0.717, 1.165) is 34.7 Å². The number of nitrogens with one attached hydrogen (secondary N) is 1. The van der Waals surface area contributed by atoms with Crippen LogP contribution in [0.4, 0.5) is 5.69 Å². The number of amides is 1. The highest BCUT2D eigenvalue weighted by Crippen LogP contribution is 2.35. The molecule has 2 aromatic carbocycles. The van der Waals surface area contributed by atoms with Crippen molar-refractivity contribution in [1.29, 1.82) is 0 Å². The van der Waals surface area contributed by atoms with Crippen molar-refractivity contribution in [3.8, 4) is 11.5 Å². The summed E-state index contributed by atoms with van der Waals surface area (Å²) in [6, 6.07) is 13.3. The predicted octanol–water partition coefficient (Wildman–Crippen LogP) is 4.06. The van der Waals surface area contributed by atoms with Gasteiger partial charge in [-0.1, -0.05) is 18.2 Å². The summed E-state index contributed by atoms with van der Waals surface area (Å²) in [7, 11) is 0. The van der Waals surface area contributed by atoms with Crippen LogP contribution in [0.25, 0.3) is 6.08 Å². The molecule has 1 heterocycles. The summed E-state index contributed by atoms with van der Waals surface area (Å²) in [6.07, 6.45) is 4.33. The second-order valence-corrected chi connectivity index (χ2v) is 5.75. The lowest BCUT2D eigenvalue weighted by Gasteiger charge is -2.10. The van der Waals surface area contributed by atoms with E-state index in [0.29, 0.717) is 6.61 Å². The maximum atomic E-state index is 12.1. The minimum Gasteiger partial charge on any atom is -0.493 e. The third kappa shape index (κ3) is 3.77. The molecular formula is C20H21NO3. The highest BCUT2D eigenvalue weighted by Gasteiger charge is 2.21. The molecule has 0 bridgehead atoms. The van der Waals surface area contributed by atoms with Gasteiger partial charge >= 0.3 is 0 Å². The molecule has 1 amide bonds. The molecule has 124 valence electrons. The zero-order valence-corrected chi connectivity index (χ0v) is 13.9. The Morgan fingerprint density at radius 3 is 2.88 bits per heavy atom. The van der Waals surface area contributed by atoms with Crippen LogP contribution in [0.5, 0.6) is 11.5 Å². The normalized spacial score (nSPS) is 15.8. The van der Waals surface area contributed by atoms with Gasteiger partial charge in [-0.25, -0.2) is 0 Å². The molecule has 1 N–H and O–H groups in total. The summed E-state index contributed by atoms with van der Waals surface area (Å²) < 4.78 is 11.5. The van der Waals surface area contributed by atoms with Gasteiger partial charge in [-0.2, -0.15) is 0 Å². The van der Waals surface area contributed by atoms with Gasteiger partial charge in [0.25, 0.3) is 0 Å². The molecule has 4 nitrogen and oxygen atoms in total. The molecule has 2 aromatic rings. The Labute approximate surface area is 142 Å². The van der Waals surface area contributed by atoms with Crippen LogP contribution in [0.2, 0.25) is 0 Å². The number of para-hydroxylation sites is 1. The van der Waals surface area contributed by atoms with E-state index in [9.17, 15) is 4.79 Å². The molecule has 1 aliphatic heterocycles. The molecular weight excluding hydrogens is 302 g/mol. The first kappa shape index (κ1) is 16.1. The second kappa shape index (κ2) is 7.21. The van der Waals surface area contributed by atoms with Crippen molar-refractivity contribution in [2.75, 3.05) is 11.9 Å². The summed E-state index contributed by atoms with van der Waals surface area (Å²) in [5.74, 6) is 1.46. The molecule has 1 aliphatic rings. The Balaban J connectivity index is 1.78. The predicted molar refractivity (Wildman–Crippen MR) is 95.5 cm³/mol. The highest BCUT2D eigenvalue weighted by molar-refractivity contribution is 6.02. The smallest absolute Gasteiger partial charge is 0.248 e. The van der Waals surface area contributed by atoms with Crippen LogP contribution in [0.1, 0.15) is 25.0 Å². The Kier molecular flexibility index (Phi) is 4.85. The summed E-state index contributed by atoms with van der Waals surface area (Å²) in [6.45, 7) is 4.57. The Bertz CT molecular complexity index is 753. The highest BCUT2D eigenvalue weighted by atomic mass is 16.5. The minimum atomic E-state index is -0.182. The van der Waals surface area contributed by atoms with Gasteiger partial charge in [0.05, 0.1) is 6.61 Å². The molecule has 0 saturated heterocycles. The number of hydrogen-bond donors (Lipinski definition) is 1. The number of benzene rings is 2. The Morgan fingerprint density at radius 1 is 1.33 bits per heavy atom. The molecule has 0 radical (unpaired) electrons. The average molecular weight is 323 g/mol. The van der Waals surface area contributed by atoms with E-state index in [1.165, 1.54) is 6.08 Å². The van der Waals surface area contributed by atoms with Gasteiger partial charge in [-0.15, -0.1) is 0 Å². The lowest BCUT2D eigenvalue weighted by Crippen LogP contribution is -2.07. The maximum absolute atomic E-state index is 12.1. The van der Waals surface area contributed by atoms with Crippen molar-refractivity contribution in [3.63, 3.8) is 0 Å².